The summed E-state index contributed by atoms with van der Waals surface area (Å²) in [7, 11) is 0. The third-order valence-electron chi connectivity index (χ3n) is 4.35. The Labute approximate surface area is 180 Å². The first kappa shape index (κ1) is 23.8. The summed E-state index contributed by atoms with van der Waals surface area (Å²) in [5.74, 6) is -0.742. The number of carbonyl (C=O) groups excluding carboxylic acids is 2. The third-order valence-corrected chi connectivity index (χ3v) is 4.76. The lowest BCUT2D eigenvalue weighted by atomic mass is 9.97. The predicted octanol–water partition coefficient (Wildman–Crippen LogP) is 3.85. The summed E-state index contributed by atoms with van der Waals surface area (Å²) in [6.45, 7) is 4.59. The van der Waals surface area contributed by atoms with E-state index in [9.17, 15) is 27.9 Å². The average Bonchev–Trinajstić information content (AvgIpc) is 3.04. The second-order valence-electron chi connectivity index (χ2n) is 7.71. The predicted molar refractivity (Wildman–Crippen MR) is 105 cm³/mol. The lowest BCUT2D eigenvalue weighted by Gasteiger charge is -2.40. The Hall–Kier alpha value is -2.49. The highest BCUT2D eigenvalue weighted by molar-refractivity contribution is 9.10. The SMILES string of the molecule is CC(C)(C)N(C[C@H](Cc1ccccc1C(F)(F)F)NC(=O)c1cc(Br)co1)C(=O)[O-]. The maximum atomic E-state index is 13.4. The van der Waals surface area contributed by atoms with Crippen molar-refractivity contribution >= 4 is 27.9 Å². The van der Waals surface area contributed by atoms with E-state index < -0.39 is 35.3 Å². The molecule has 2 rings (SSSR count). The van der Waals surface area contributed by atoms with E-state index >= 15 is 0 Å². The van der Waals surface area contributed by atoms with Crippen LogP contribution in [0.15, 0.2) is 45.5 Å². The zero-order valence-corrected chi connectivity index (χ0v) is 18.1. The van der Waals surface area contributed by atoms with Crippen molar-refractivity contribution in [2.45, 2.75) is 44.9 Å². The molecule has 6 nitrogen and oxygen atoms in total. The van der Waals surface area contributed by atoms with Crippen LogP contribution in [0, 0.1) is 0 Å². The van der Waals surface area contributed by atoms with Gasteiger partial charge in [-0.2, -0.15) is 13.2 Å². The van der Waals surface area contributed by atoms with E-state index in [4.69, 9.17) is 4.42 Å². The molecule has 1 N–H and O–H groups in total. The summed E-state index contributed by atoms with van der Waals surface area (Å²) in [5.41, 5.74) is -1.80. The van der Waals surface area contributed by atoms with E-state index in [0.717, 1.165) is 11.0 Å². The quantitative estimate of drug-likeness (QED) is 0.667. The van der Waals surface area contributed by atoms with Crippen LogP contribution in [0.25, 0.3) is 0 Å². The van der Waals surface area contributed by atoms with Gasteiger partial charge in [0, 0.05) is 18.2 Å². The molecule has 164 valence electrons. The van der Waals surface area contributed by atoms with Crippen molar-refractivity contribution in [2.24, 2.45) is 0 Å². The van der Waals surface area contributed by atoms with Gasteiger partial charge in [0.2, 0.25) is 0 Å². The summed E-state index contributed by atoms with van der Waals surface area (Å²) in [5, 5.41) is 14.2. The number of halogens is 4. The minimum atomic E-state index is -4.59. The van der Waals surface area contributed by atoms with Gasteiger partial charge in [-0.05, 0) is 54.8 Å². The fourth-order valence-electron chi connectivity index (χ4n) is 2.93. The fraction of sp³-hybridized carbons (Fsp3) is 0.400. The standard InChI is InChI=1S/C20H22BrF3N2O4/c1-19(2,3)26(18(28)29)10-14(25-17(27)16-9-13(21)11-30-16)8-12-6-4-5-7-15(12)20(22,23)24/h4-7,9,11,14H,8,10H2,1-3H3,(H,25,27)(H,28,29)/p-1/t14-/m0/s1. The van der Waals surface area contributed by atoms with Crippen molar-refractivity contribution in [1.29, 1.82) is 0 Å². The van der Waals surface area contributed by atoms with Crippen LogP contribution in [0.4, 0.5) is 18.0 Å². The van der Waals surface area contributed by atoms with E-state index in [2.05, 4.69) is 21.2 Å². The minimum absolute atomic E-state index is 0.0632. The second-order valence-corrected chi connectivity index (χ2v) is 8.62. The van der Waals surface area contributed by atoms with Gasteiger partial charge in [-0.1, -0.05) is 18.2 Å². The van der Waals surface area contributed by atoms with Crippen LogP contribution >= 0.6 is 15.9 Å². The molecule has 0 radical (unpaired) electrons. The number of alkyl halides is 3. The van der Waals surface area contributed by atoms with Crippen LogP contribution in [0.5, 0.6) is 0 Å². The summed E-state index contributed by atoms with van der Waals surface area (Å²) < 4.78 is 45.8. The molecule has 1 aromatic carbocycles. The number of amides is 2. The molecule has 0 aliphatic heterocycles. The van der Waals surface area contributed by atoms with Crippen LogP contribution in [-0.4, -0.2) is 35.0 Å². The maximum absolute atomic E-state index is 13.4. The topological polar surface area (TPSA) is 85.6 Å². The van der Waals surface area contributed by atoms with Gasteiger partial charge in [-0.25, -0.2) is 0 Å². The van der Waals surface area contributed by atoms with Crippen LogP contribution in [0.1, 0.15) is 42.5 Å². The van der Waals surface area contributed by atoms with Gasteiger partial charge in [-0.15, -0.1) is 0 Å². The number of hydrogen-bond donors (Lipinski definition) is 1. The zero-order chi connectivity index (χ0) is 22.7. The van der Waals surface area contributed by atoms with Crippen LogP contribution in [-0.2, 0) is 12.6 Å². The number of nitrogens with zero attached hydrogens (tertiary/aromatic N) is 1. The molecule has 10 heteroatoms. The van der Waals surface area contributed by atoms with Crippen LogP contribution in [0.3, 0.4) is 0 Å². The van der Waals surface area contributed by atoms with Gasteiger partial charge in [0.25, 0.3) is 5.91 Å². The molecule has 0 aliphatic carbocycles. The third kappa shape index (κ3) is 6.25. The van der Waals surface area contributed by atoms with Gasteiger partial charge < -0.3 is 24.5 Å². The first-order chi connectivity index (χ1) is 13.8. The number of carboxylic acid groups (broad SMARTS) is 1. The van der Waals surface area contributed by atoms with Crippen molar-refractivity contribution in [1.82, 2.24) is 10.2 Å². The molecule has 0 fully saturated rings. The van der Waals surface area contributed by atoms with E-state index in [0.29, 0.717) is 4.47 Å². The molecule has 0 aliphatic rings. The molecule has 0 spiro atoms. The van der Waals surface area contributed by atoms with Gasteiger partial charge in [0.15, 0.2) is 5.76 Å². The molecule has 0 saturated carbocycles. The lowest BCUT2D eigenvalue weighted by Crippen LogP contribution is -2.57. The Morgan fingerprint density at radius 1 is 1.23 bits per heavy atom. The summed E-state index contributed by atoms with van der Waals surface area (Å²) in [4.78, 5) is 25.1. The molecule has 2 amide bonds. The molecular formula is C20H21BrF3N2O4-. The molecule has 0 saturated heterocycles. The molecule has 1 aromatic heterocycles. The van der Waals surface area contributed by atoms with Crippen molar-refractivity contribution in [3.63, 3.8) is 0 Å². The van der Waals surface area contributed by atoms with Crippen molar-refractivity contribution < 1.29 is 32.3 Å². The Bertz CT molecular complexity index is 906. The number of benzene rings is 1. The highest BCUT2D eigenvalue weighted by Gasteiger charge is 2.34. The number of furan rings is 1. The summed E-state index contributed by atoms with van der Waals surface area (Å²) in [6, 6.07) is 5.39. The van der Waals surface area contributed by atoms with Crippen LogP contribution in [0.2, 0.25) is 0 Å². The molecular weight excluding hydrogens is 469 g/mol. The van der Waals surface area contributed by atoms with Crippen molar-refractivity contribution in [3.8, 4) is 0 Å². The normalized spacial score (nSPS) is 13.0. The molecule has 0 unspecified atom stereocenters. The Morgan fingerprint density at radius 3 is 2.37 bits per heavy atom. The van der Waals surface area contributed by atoms with Crippen molar-refractivity contribution in [3.05, 3.63) is 58.0 Å². The van der Waals surface area contributed by atoms with Crippen LogP contribution < -0.4 is 10.4 Å². The van der Waals surface area contributed by atoms with Crippen molar-refractivity contribution in [2.75, 3.05) is 6.54 Å². The number of nitrogens with one attached hydrogen (secondary N) is 1. The number of hydrogen-bond acceptors (Lipinski definition) is 4. The molecule has 1 atom stereocenters. The first-order valence-corrected chi connectivity index (χ1v) is 9.77. The molecule has 0 bridgehead atoms. The minimum Gasteiger partial charge on any atom is -0.530 e. The molecule has 1 heterocycles. The lowest BCUT2D eigenvalue weighted by molar-refractivity contribution is -0.270. The zero-order valence-electron chi connectivity index (χ0n) is 16.5. The Balaban J connectivity index is 2.36. The second kappa shape index (κ2) is 9.11. The summed E-state index contributed by atoms with van der Waals surface area (Å²) >= 11 is 3.14. The van der Waals surface area contributed by atoms with Gasteiger partial charge >= 0.3 is 6.18 Å². The Kier molecular flexibility index (Phi) is 7.23. The van der Waals surface area contributed by atoms with E-state index in [-0.39, 0.29) is 24.3 Å². The fourth-order valence-corrected chi connectivity index (χ4v) is 3.23. The average molecular weight is 490 g/mol. The van der Waals surface area contributed by atoms with Gasteiger partial charge in [0.05, 0.1) is 16.1 Å². The summed E-state index contributed by atoms with van der Waals surface area (Å²) in [6.07, 6.45) is -5.05. The highest BCUT2D eigenvalue weighted by Crippen LogP contribution is 2.32. The van der Waals surface area contributed by atoms with E-state index in [1.54, 1.807) is 20.8 Å². The largest absolute Gasteiger partial charge is 0.530 e. The van der Waals surface area contributed by atoms with E-state index in [1.165, 1.54) is 30.5 Å². The number of carbonyl (C=O) groups is 2. The first-order valence-electron chi connectivity index (χ1n) is 8.97. The molecule has 30 heavy (non-hydrogen) atoms. The number of rotatable bonds is 6. The smallest absolute Gasteiger partial charge is 0.416 e. The molecule has 2 aromatic rings. The van der Waals surface area contributed by atoms with E-state index in [1.807, 2.05) is 0 Å². The van der Waals surface area contributed by atoms with Gasteiger partial charge in [0.1, 0.15) is 12.4 Å². The maximum Gasteiger partial charge on any atom is 0.416 e. The Morgan fingerprint density at radius 2 is 1.87 bits per heavy atom. The highest BCUT2D eigenvalue weighted by atomic mass is 79.9. The van der Waals surface area contributed by atoms with Gasteiger partial charge in [-0.3, -0.25) is 4.79 Å². The monoisotopic (exact) mass is 489 g/mol.